The van der Waals surface area contributed by atoms with Crippen LogP contribution in [0.5, 0.6) is 0 Å². The molecule has 0 bridgehead atoms. The molecular weight excluding hydrogens is 264 g/mol. The Morgan fingerprint density at radius 1 is 1.05 bits per heavy atom. The molecule has 3 aromatic rings. The average molecular weight is 278 g/mol. The molecule has 0 unspecified atom stereocenters. The smallest absolute Gasteiger partial charge is 0.250 e. The van der Waals surface area contributed by atoms with Crippen molar-refractivity contribution in [1.29, 1.82) is 0 Å². The minimum atomic E-state index is 0.470. The Labute approximate surface area is 122 Å². The number of anilines is 1. The van der Waals surface area contributed by atoms with E-state index < -0.39 is 0 Å². The van der Waals surface area contributed by atoms with Gasteiger partial charge in [-0.15, -0.1) is 0 Å². The van der Waals surface area contributed by atoms with E-state index in [4.69, 9.17) is 10.3 Å². The average Bonchev–Trinajstić information content (AvgIpc) is 2.95. The zero-order chi connectivity index (χ0) is 14.5. The summed E-state index contributed by atoms with van der Waals surface area (Å²) in [4.78, 5) is 8.54. The van der Waals surface area contributed by atoms with Crippen LogP contribution in [0.25, 0.3) is 12.2 Å². The largest absolute Gasteiger partial charge is 0.399 e. The van der Waals surface area contributed by atoms with E-state index in [1.54, 1.807) is 12.3 Å². The molecule has 5 nitrogen and oxygen atoms in total. The van der Waals surface area contributed by atoms with Crippen molar-refractivity contribution >= 4 is 17.8 Å². The number of nitrogens with two attached hydrogens (primary N) is 1. The van der Waals surface area contributed by atoms with E-state index in [-0.39, 0.29) is 0 Å². The van der Waals surface area contributed by atoms with Crippen LogP contribution in [0.15, 0.2) is 53.2 Å². The molecule has 2 heterocycles. The molecule has 0 saturated heterocycles. The minimum Gasteiger partial charge on any atom is -0.399 e. The van der Waals surface area contributed by atoms with Gasteiger partial charge in [-0.1, -0.05) is 23.4 Å². The second-order valence-electron chi connectivity index (χ2n) is 4.55. The van der Waals surface area contributed by atoms with Gasteiger partial charge in [0.2, 0.25) is 0 Å². The number of hydrogen-bond acceptors (Lipinski definition) is 5. The molecule has 0 aliphatic heterocycles. The van der Waals surface area contributed by atoms with Gasteiger partial charge in [0.25, 0.3) is 5.89 Å². The molecule has 5 heteroatoms. The molecule has 2 aromatic heterocycles. The molecule has 2 N–H and O–H groups in total. The Hall–Kier alpha value is -2.95. The van der Waals surface area contributed by atoms with Crippen LogP contribution < -0.4 is 5.73 Å². The fourth-order valence-corrected chi connectivity index (χ4v) is 1.85. The third kappa shape index (κ3) is 3.54. The molecule has 1 aromatic carbocycles. The van der Waals surface area contributed by atoms with E-state index in [0.29, 0.717) is 18.1 Å². The number of rotatable bonds is 4. The molecule has 0 radical (unpaired) electrons. The van der Waals surface area contributed by atoms with E-state index in [1.165, 1.54) is 0 Å². The standard InChI is InChI=1S/C16H14N4O/c17-13-7-4-12(5-8-13)6-9-16-19-15(20-21-16)11-14-3-1-2-10-18-14/h1-10H,11,17H2/b9-6+. The van der Waals surface area contributed by atoms with Gasteiger partial charge in [0.15, 0.2) is 5.82 Å². The van der Waals surface area contributed by atoms with Crippen molar-refractivity contribution in [2.45, 2.75) is 6.42 Å². The second kappa shape index (κ2) is 6.00. The SMILES string of the molecule is Nc1ccc(/C=C/c2nc(Cc3ccccn3)no2)cc1. The monoisotopic (exact) mass is 278 g/mol. The van der Waals surface area contributed by atoms with Gasteiger partial charge in [0, 0.05) is 23.7 Å². The second-order valence-corrected chi connectivity index (χ2v) is 4.55. The van der Waals surface area contributed by atoms with Gasteiger partial charge < -0.3 is 10.3 Å². The Morgan fingerprint density at radius 2 is 1.90 bits per heavy atom. The molecule has 21 heavy (non-hydrogen) atoms. The van der Waals surface area contributed by atoms with Crippen molar-refractivity contribution in [1.82, 2.24) is 15.1 Å². The summed E-state index contributed by atoms with van der Waals surface area (Å²) in [7, 11) is 0. The highest BCUT2D eigenvalue weighted by atomic mass is 16.5. The summed E-state index contributed by atoms with van der Waals surface area (Å²) in [6.45, 7) is 0. The van der Waals surface area contributed by atoms with Crippen molar-refractivity contribution in [2.75, 3.05) is 5.73 Å². The van der Waals surface area contributed by atoms with Gasteiger partial charge in [-0.25, -0.2) is 0 Å². The first-order chi connectivity index (χ1) is 10.3. The number of benzene rings is 1. The predicted molar refractivity (Wildman–Crippen MR) is 81.1 cm³/mol. The normalized spacial score (nSPS) is 11.0. The van der Waals surface area contributed by atoms with E-state index in [1.807, 2.05) is 48.5 Å². The van der Waals surface area contributed by atoms with Crippen LogP contribution in [-0.2, 0) is 6.42 Å². The molecule has 0 atom stereocenters. The fourth-order valence-electron chi connectivity index (χ4n) is 1.85. The predicted octanol–water partition coefficient (Wildman–Crippen LogP) is 2.81. The molecule has 104 valence electrons. The van der Waals surface area contributed by atoms with Crippen molar-refractivity contribution in [3.05, 3.63) is 71.6 Å². The molecule has 0 saturated carbocycles. The van der Waals surface area contributed by atoms with Crippen LogP contribution >= 0.6 is 0 Å². The van der Waals surface area contributed by atoms with Gasteiger partial charge in [0.1, 0.15) is 0 Å². The first kappa shape index (κ1) is 13.1. The zero-order valence-electron chi connectivity index (χ0n) is 11.3. The lowest BCUT2D eigenvalue weighted by Gasteiger charge is -1.93. The molecular formula is C16H14N4O. The summed E-state index contributed by atoms with van der Waals surface area (Å²) < 4.78 is 5.18. The van der Waals surface area contributed by atoms with Crippen LogP contribution in [0.4, 0.5) is 5.69 Å². The van der Waals surface area contributed by atoms with Gasteiger partial charge in [-0.05, 0) is 35.9 Å². The van der Waals surface area contributed by atoms with E-state index in [9.17, 15) is 0 Å². The summed E-state index contributed by atoms with van der Waals surface area (Å²) in [6.07, 6.45) is 5.98. The first-order valence-electron chi connectivity index (χ1n) is 6.56. The third-order valence-corrected chi connectivity index (χ3v) is 2.90. The fraction of sp³-hybridized carbons (Fsp3) is 0.0625. The van der Waals surface area contributed by atoms with Crippen LogP contribution in [0.3, 0.4) is 0 Å². The lowest BCUT2D eigenvalue weighted by atomic mass is 10.2. The lowest BCUT2D eigenvalue weighted by Crippen LogP contribution is -1.93. The summed E-state index contributed by atoms with van der Waals surface area (Å²) in [6, 6.07) is 13.3. The Morgan fingerprint density at radius 3 is 2.67 bits per heavy atom. The summed E-state index contributed by atoms with van der Waals surface area (Å²) in [5.74, 6) is 1.09. The first-order valence-corrected chi connectivity index (χ1v) is 6.56. The van der Waals surface area contributed by atoms with E-state index in [0.717, 1.165) is 16.9 Å². The van der Waals surface area contributed by atoms with Crippen LogP contribution in [0.1, 0.15) is 23.0 Å². The highest BCUT2D eigenvalue weighted by Gasteiger charge is 2.05. The summed E-state index contributed by atoms with van der Waals surface area (Å²) >= 11 is 0. The van der Waals surface area contributed by atoms with Crippen molar-refractivity contribution in [2.24, 2.45) is 0 Å². The van der Waals surface area contributed by atoms with E-state index >= 15 is 0 Å². The Balaban J connectivity index is 1.69. The molecule has 0 aliphatic rings. The van der Waals surface area contributed by atoms with Gasteiger partial charge in [-0.2, -0.15) is 4.98 Å². The number of pyridine rings is 1. The number of nitrogens with zero attached hydrogens (tertiary/aromatic N) is 3. The van der Waals surface area contributed by atoms with Gasteiger partial charge in [-0.3, -0.25) is 4.98 Å². The molecule has 3 rings (SSSR count). The highest BCUT2D eigenvalue weighted by Crippen LogP contribution is 2.10. The quantitative estimate of drug-likeness (QED) is 0.742. The maximum absolute atomic E-state index is 5.64. The maximum Gasteiger partial charge on any atom is 0.250 e. The topological polar surface area (TPSA) is 77.8 Å². The highest BCUT2D eigenvalue weighted by molar-refractivity contribution is 5.66. The Kier molecular flexibility index (Phi) is 3.73. The third-order valence-electron chi connectivity index (χ3n) is 2.90. The maximum atomic E-state index is 5.64. The van der Waals surface area contributed by atoms with Crippen LogP contribution in [0.2, 0.25) is 0 Å². The molecule has 0 fully saturated rings. The van der Waals surface area contributed by atoms with E-state index in [2.05, 4.69) is 15.1 Å². The lowest BCUT2D eigenvalue weighted by molar-refractivity contribution is 0.404. The number of nitrogen functional groups attached to an aromatic ring is 1. The number of aromatic nitrogens is 3. The zero-order valence-corrected chi connectivity index (χ0v) is 11.3. The number of hydrogen-bond donors (Lipinski definition) is 1. The van der Waals surface area contributed by atoms with Crippen LogP contribution in [-0.4, -0.2) is 15.1 Å². The summed E-state index contributed by atoms with van der Waals surface area (Å²) in [5.41, 5.74) is 8.31. The van der Waals surface area contributed by atoms with Crippen LogP contribution in [0, 0.1) is 0 Å². The van der Waals surface area contributed by atoms with Crippen molar-refractivity contribution in [3.8, 4) is 0 Å². The van der Waals surface area contributed by atoms with Crippen molar-refractivity contribution < 1.29 is 4.52 Å². The molecule has 0 aliphatic carbocycles. The minimum absolute atomic E-state index is 0.470. The summed E-state index contributed by atoms with van der Waals surface area (Å²) in [5, 5.41) is 3.94. The van der Waals surface area contributed by atoms with Gasteiger partial charge >= 0.3 is 0 Å². The Bertz CT molecular complexity index is 732. The van der Waals surface area contributed by atoms with Gasteiger partial charge in [0.05, 0.1) is 6.42 Å². The molecule has 0 spiro atoms. The molecule has 0 amide bonds. The van der Waals surface area contributed by atoms with Crippen molar-refractivity contribution in [3.63, 3.8) is 0 Å².